The second kappa shape index (κ2) is 7.90. The van der Waals surface area contributed by atoms with E-state index < -0.39 is 75.5 Å². The maximum atomic E-state index is 12.5. The molecule has 1 aromatic heterocycles. The first-order valence-corrected chi connectivity index (χ1v) is 8.85. The second-order valence-corrected chi connectivity index (χ2v) is 6.70. The van der Waals surface area contributed by atoms with E-state index in [-0.39, 0.29) is 5.56 Å². The van der Waals surface area contributed by atoms with E-state index in [4.69, 9.17) is 10.5 Å². The minimum atomic E-state index is -1.18. The number of carbonyl (C=O) groups is 4. The lowest BCUT2D eigenvalue weighted by Crippen LogP contribution is -2.42. The molecular formula is C18H15N5O9. The van der Waals surface area contributed by atoms with Crippen molar-refractivity contribution in [1.29, 1.82) is 0 Å². The van der Waals surface area contributed by atoms with Crippen LogP contribution < -0.4 is 17.0 Å². The molecule has 0 fully saturated rings. The van der Waals surface area contributed by atoms with Crippen LogP contribution in [0.3, 0.4) is 0 Å². The number of nitro groups is 1. The molecule has 2 heterocycles. The molecule has 14 heteroatoms. The topological polar surface area (TPSA) is 194 Å². The highest BCUT2D eigenvalue weighted by Gasteiger charge is 2.42. The van der Waals surface area contributed by atoms with Gasteiger partial charge in [0, 0.05) is 20.2 Å². The Kier molecular flexibility index (Phi) is 5.45. The van der Waals surface area contributed by atoms with Gasteiger partial charge in [-0.1, -0.05) is 6.07 Å². The van der Waals surface area contributed by atoms with E-state index in [1.807, 2.05) is 0 Å². The number of ketones is 1. The molecule has 0 saturated carbocycles. The van der Waals surface area contributed by atoms with Crippen molar-refractivity contribution in [2.45, 2.75) is 0 Å². The fourth-order valence-corrected chi connectivity index (χ4v) is 3.13. The first-order valence-electron chi connectivity index (χ1n) is 8.85. The van der Waals surface area contributed by atoms with Crippen LogP contribution in [0, 0.1) is 10.1 Å². The zero-order valence-electron chi connectivity index (χ0n) is 16.7. The fraction of sp³-hybridized carbons (Fsp3) is 0.222. The van der Waals surface area contributed by atoms with Crippen molar-refractivity contribution in [2.75, 3.05) is 18.9 Å². The highest BCUT2D eigenvalue weighted by atomic mass is 16.6. The third kappa shape index (κ3) is 3.42. The van der Waals surface area contributed by atoms with Crippen LogP contribution in [0.1, 0.15) is 31.1 Å². The molecule has 0 bridgehead atoms. The van der Waals surface area contributed by atoms with Crippen LogP contribution in [0.25, 0.3) is 0 Å². The van der Waals surface area contributed by atoms with E-state index in [1.54, 1.807) is 0 Å². The number of carbonyl (C=O) groups excluding carboxylic acids is 4. The van der Waals surface area contributed by atoms with Gasteiger partial charge in [-0.2, -0.15) is 0 Å². The van der Waals surface area contributed by atoms with Gasteiger partial charge in [0.05, 0.1) is 10.5 Å². The van der Waals surface area contributed by atoms with Crippen molar-refractivity contribution in [1.82, 2.24) is 14.0 Å². The van der Waals surface area contributed by atoms with Gasteiger partial charge >= 0.3 is 11.7 Å². The minimum absolute atomic E-state index is 0.241. The molecule has 1 aromatic carbocycles. The molecule has 2 amide bonds. The summed E-state index contributed by atoms with van der Waals surface area (Å²) in [5.74, 6) is -4.61. The summed E-state index contributed by atoms with van der Waals surface area (Å²) in [4.78, 5) is 84.1. The molecule has 0 spiro atoms. The first kappa shape index (κ1) is 22.1. The molecule has 14 nitrogen and oxygen atoms in total. The van der Waals surface area contributed by atoms with Crippen molar-refractivity contribution in [3.8, 4) is 0 Å². The summed E-state index contributed by atoms with van der Waals surface area (Å²) in [6.07, 6.45) is 0. The molecule has 2 N–H and O–H groups in total. The zero-order valence-corrected chi connectivity index (χ0v) is 16.7. The summed E-state index contributed by atoms with van der Waals surface area (Å²) >= 11 is 0. The third-order valence-corrected chi connectivity index (χ3v) is 4.81. The number of aromatic nitrogens is 2. The van der Waals surface area contributed by atoms with Crippen LogP contribution in [0.2, 0.25) is 0 Å². The van der Waals surface area contributed by atoms with Gasteiger partial charge in [0.25, 0.3) is 23.1 Å². The lowest BCUT2D eigenvalue weighted by molar-refractivity contribution is -0.385. The van der Waals surface area contributed by atoms with E-state index in [2.05, 4.69) is 0 Å². The van der Waals surface area contributed by atoms with Gasteiger partial charge in [0.2, 0.25) is 5.78 Å². The lowest BCUT2D eigenvalue weighted by Gasteiger charge is -2.13. The van der Waals surface area contributed by atoms with Crippen molar-refractivity contribution < 1.29 is 28.8 Å². The van der Waals surface area contributed by atoms with Gasteiger partial charge in [-0.15, -0.1) is 0 Å². The number of anilines is 1. The van der Waals surface area contributed by atoms with Gasteiger partial charge < -0.3 is 10.5 Å². The molecule has 32 heavy (non-hydrogen) atoms. The van der Waals surface area contributed by atoms with Crippen LogP contribution >= 0.6 is 0 Å². The Morgan fingerprint density at radius 2 is 1.75 bits per heavy atom. The predicted molar refractivity (Wildman–Crippen MR) is 105 cm³/mol. The molecule has 1 aliphatic heterocycles. The highest BCUT2D eigenvalue weighted by molar-refractivity contribution is 6.24. The van der Waals surface area contributed by atoms with Gasteiger partial charge in [-0.25, -0.2) is 4.79 Å². The molecule has 0 radical (unpaired) electrons. The molecule has 1 aliphatic rings. The summed E-state index contributed by atoms with van der Waals surface area (Å²) in [5, 5.41) is 11.1. The quantitative estimate of drug-likeness (QED) is 0.181. The molecule has 0 atom stereocenters. The first-order chi connectivity index (χ1) is 15.0. The van der Waals surface area contributed by atoms with Crippen molar-refractivity contribution in [2.24, 2.45) is 14.1 Å². The minimum Gasteiger partial charge on any atom is -0.456 e. The molecule has 0 saturated heterocycles. The van der Waals surface area contributed by atoms with Gasteiger partial charge in [0.15, 0.2) is 6.61 Å². The van der Waals surface area contributed by atoms with Gasteiger partial charge in [-0.3, -0.25) is 48.1 Å². The van der Waals surface area contributed by atoms with Crippen LogP contribution in [0.5, 0.6) is 0 Å². The number of esters is 1. The van der Waals surface area contributed by atoms with Crippen molar-refractivity contribution in [3.63, 3.8) is 0 Å². The molecular weight excluding hydrogens is 430 g/mol. The average molecular weight is 445 g/mol. The number of amides is 2. The van der Waals surface area contributed by atoms with Crippen molar-refractivity contribution >= 4 is 35.1 Å². The number of imide groups is 1. The summed E-state index contributed by atoms with van der Waals surface area (Å²) < 4.78 is 6.27. The van der Waals surface area contributed by atoms with E-state index in [1.165, 1.54) is 19.2 Å². The van der Waals surface area contributed by atoms with Gasteiger partial charge in [-0.05, 0) is 6.07 Å². The van der Waals surface area contributed by atoms with E-state index in [0.717, 1.165) is 17.7 Å². The Balaban J connectivity index is 1.75. The molecule has 3 rings (SSSR count). The number of nitrogens with zero attached hydrogens (tertiary/aromatic N) is 4. The number of ether oxygens (including phenoxy) is 1. The summed E-state index contributed by atoms with van der Waals surface area (Å²) in [6, 6.07) is 3.47. The number of nitrogen functional groups attached to an aromatic ring is 1. The number of benzene rings is 1. The lowest BCUT2D eigenvalue weighted by atomic mass is 10.1. The molecule has 166 valence electrons. The zero-order chi connectivity index (χ0) is 23.9. The number of fused-ring (bicyclic) bond motifs is 1. The summed E-state index contributed by atoms with van der Waals surface area (Å²) in [5.41, 5.74) is 2.05. The maximum Gasteiger partial charge on any atom is 0.332 e. The van der Waals surface area contributed by atoms with Crippen LogP contribution in [-0.4, -0.2) is 55.7 Å². The van der Waals surface area contributed by atoms with Crippen LogP contribution in [0.4, 0.5) is 11.5 Å². The number of nitrogens with two attached hydrogens (primary N) is 1. The van der Waals surface area contributed by atoms with E-state index >= 15 is 0 Å². The third-order valence-electron chi connectivity index (χ3n) is 4.81. The monoisotopic (exact) mass is 445 g/mol. The Bertz CT molecular complexity index is 1340. The Labute approximate surface area is 177 Å². The van der Waals surface area contributed by atoms with E-state index in [0.29, 0.717) is 9.47 Å². The Morgan fingerprint density at radius 3 is 2.38 bits per heavy atom. The number of rotatable bonds is 6. The Morgan fingerprint density at radius 1 is 1.09 bits per heavy atom. The fourth-order valence-electron chi connectivity index (χ4n) is 3.13. The van der Waals surface area contributed by atoms with Gasteiger partial charge in [0.1, 0.15) is 23.5 Å². The normalized spacial score (nSPS) is 12.6. The highest BCUT2D eigenvalue weighted by Crippen LogP contribution is 2.30. The summed E-state index contributed by atoms with van der Waals surface area (Å²) in [7, 11) is 2.37. The van der Waals surface area contributed by atoms with E-state index in [9.17, 15) is 38.9 Å². The number of hydrogen-bond donors (Lipinski definition) is 1. The smallest absolute Gasteiger partial charge is 0.332 e. The van der Waals surface area contributed by atoms with Crippen molar-refractivity contribution in [3.05, 3.63) is 65.8 Å². The molecule has 2 aromatic rings. The SMILES string of the molecule is Cn1c(N)c(C(=O)COC(=O)CN2C(=O)c3cccc([N+](=O)[O-])c3C2=O)c(=O)n(C)c1=O. The second-order valence-electron chi connectivity index (χ2n) is 6.70. The summed E-state index contributed by atoms with van der Waals surface area (Å²) in [6.45, 7) is -1.88. The number of nitro benzene ring substituents is 1. The average Bonchev–Trinajstić information content (AvgIpc) is 2.99. The predicted octanol–water partition coefficient (Wildman–Crippen LogP) is -1.40. The maximum absolute atomic E-state index is 12.5. The largest absolute Gasteiger partial charge is 0.456 e. The standard InChI is InChI=1S/C18H15N5O9/c1-20-14(19)13(16(27)21(2)18(20)29)10(24)7-32-11(25)6-22-15(26)8-4-3-5-9(23(30)31)12(8)17(22)28/h3-5H,6-7,19H2,1-2H3. The number of Topliss-reactive ketones (excluding diaryl/α,β-unsaturated/α-hetero) is 1. The van der Waals surface area contributed by atoms with Crippen LogP contribution in [-0.2, 0) is 23.6 Å². The molecule has 0 aliphatic carbocycles. The Hall–Kier alpha value is -4.62. The van der Waals surface area contributed by atoms with Crippen LogP contribution in [0.15, 0.2) is 27.8 Å². The molecule has 0 unspecified atom stereocenters. The number of hydrogen-bond acceptors (Lipinski definition) is 10.